The van der Waals surface area contributed by atoms with Crippen molar-refractivity contribution in [3.8, 4) is 11.5 Å². The summed E-state index contributed by atoms with van der Waals surface area (Å²) < 4.78 is 26.1. The molecule has 3 aromatic rings. The van der Waals surface area contributed by atoms with Crippen LogP contribution in [0.2, 0.25) is 0 Å². The Hall–Kier alpha value is -4.71. The standard InChI is InChI=1S/C45H57N3O8/c1-5-25-54-45-41(48(4)44(51)52-6-2)28-39(47-55-29-32-16-8-7-9-17-32)37-26-33(18-10-12-23-49)36(20-11-13-24-50)42(43(37)45)38-27-35(21-22-40(38)56-45)53-30-34-19-14-15-31(3)46-34/h5,7-9,14-17,19,21-22,26-27,33,36,41-43,49-50H,1,6,10-13,18,20,23-25,28-30H2,2-4H3/t33-,36+,41-,42+,43+,45+/m0/s1. The summed E-state index contributed by atoms with van der Waals surface area (Å²) in [5.41, 5.74) is 5.41. The molecule has 11 nitrogen and oxygen atoms in total. The lowest BCUT2D eigenvalue weighted by Gasteiger charge is -2.59. The Morgan fingerprint density at radius 2 is 1.82 bits per heavy atom. The molecule has 56 heavy (non-hydrogen) atoms. The van der Waals surface area contributed by atoms with E-state index in [0.29, 0.717) is 30.9 Å². The molecule has 6 rings (SSSR count). The Morgan fingerprint density at radius 1 is 1.04 bits per heavy atom. The molecule has 0 bridgehead atoms. The van der Waals surface area contributed by atoms with Crippen molar-refractivity contribution in [1.29, 1.82) is 0 Å². The number of carbonyl (C=O) groups is 1. The van der Waals surface area contributed by atoms with Crippen molar-refractivity contribution in [1.82, 2.24) is 9.88 Å². The lowest BCUT2D eigenvalue weighted by atomic mass is 9.55. The quantitative estimate of drug-likeness (QED) is 0.0710. The van der Waals surface area contributed by atoms with Crippen LogP contribution in [0.1, 0.15) is 80.3 Å². The van der Waals surface area contributed by atoms with Crippen LogP contribution in [0.5, 0.6) is 11.5 Å². The average Bonchev–Trinajstić information content (AvgIpc) is 3.21. The molecule has 1 fully saturated rings. The van der Waals surface area contributed by atoms with Crippen molar-refractivity contribution in [3.63, 3.8) is 0 Å². The zero-order valence-electron chi connectivity index (χ0n) is 33.0. The molecule has 2 N–H and O–H groups in total. The number of likely N-dealkylation sites (N-methyl/N-ethyl adjacent to an activating group) is 1. The maximum atomic E-state index is 13.6. The van der Waals surface area contributed by atoms with Crippen LogP contribution in [0.3, 0.4) is 0 Å². The number of benzene rings is 2. The molecule has 1 saturated carbocycles. The van der Waals surface area contributed by atoms with E-state index < -0.39 is 23.8 Å². The van der Waals surface area contributed by atoms with Crippen molar-refractivity contribution in [2.24, 2.45) is 22.9 Å². The fourth-order valence-corrected chi connectivity index (χ4v) is 8.77. The van der Waals surface area contributed by atoms with Gasteiger partial charge in [-0.25, -0.2) is 4.79 Å². The van der Waals surface area contributed by atoms with Gasteiger partial charge < -0.3 is 38.9 Å². The summed E-state index contributed by atoms with van der Waals surface area (Å²) in [6.45, 7) is 8.93. The van der Waals surface area contributed by atoms with E-state index in [2.05, 4.69) is 23.7 Å². The largest absolute Gasteiger partial charge is 0.487 e. The van der Waals surface area contributed by atoms with Crippen molar-refractivity contribution < 1.29 is 38.8 Å². The second kappa shape index (κ2) is 19.4. The molecule has 300 valence electrons. The summed E-state index contributed by atoms with van der Waals surface area (Å²) in [7, 11) is 1.72. The molecule has 1 aromatic heterocycles. The van der Waals surface area contributed by atoms with Crippen LogP contribution in [0.25, 0.3) is 0 Å². The number of pyridine rings is 1. The smallest absolute Gasteiger partial charge is 0.409 e. The van der Waals surface area contributed by atoms with Crippen LogP contribution in [0.15, 0.2) is 96.2 Å². The van der Waals surface area contributed by atoms with Crippen LogP contribution in [0.4, 0.5) is 4.79 Å². The molecule has 1 amide bonds. The molecule has 0 spiro atoms. The number of aliphatic hydroxyl groups excluding tert-OH is 2. The Balaban J connectivity index is 1.52. The van der Waals surface area contributed by atoms with E-state index in [0.717, 1.165) is 59.5 Å². The number of hydrogen-bond acceptors (Lipinski definition) is 10. The van der Waals surface area contributed by atoms with Gasteiger partial charge in [0, 0.05) is 43.9 Å². The second-order valence-electron chi connectivity index (χ2n) is 14.9. The zero-order chi connectivity index (χ0) is 39.5. The van der Waals surface area contributed by atoms with Crippen LogP contribution in [-0.4, -0.2) is 77.2 Å². The predicted octanol–water partition coefficient (Wildman–Crippen LogP) is 7.89. The number of hydrogen-bond donors (Lipinski definition) is 2. The summed E-state index contributed by atoms with van der Waals surface area (Å²) in [4.78, 5) is 26.0. The molecule has 1 aliphatic heterocycles. The molecular formula is C45H57N3O8. The highest BCUT2D eigenvalue weighted by Crippen LogP contribution is 2.61. The summed E-state index contributed by atoms with van der Waals surface area (Å²) in [5, 5.41) is 24.6. The van der Waals surface area contributed by atoms with E-state index >= 15 is 0 Å². The van der Waals surface area contributed by atoms with Gasteiger partial charge in [0.2, 0.25) is 5.79 Å². The van der Waals surface area contributed by atoms with E-state index in [1.165, 1.54) is 0 Å². The summed E-state index contributed by atoms with van der Waals surface area (Å²) in [5.74, 6) is -0.396. The molecule has 2 aliphatic carbocycles. The van der Waals surface area contributed by atoms with Gasteiger partial charge in [-0.15, -0.1) is 6.58 Å². The van der Waals surface area contributed by atoms with Gasteiger partial charge >= 0.3 is 6.09 Å². The molecule has 3 aliphatic rings. The topological polar surface area (TPSA) is 132 Å². The summed E-state index contributed by atoms with van der Waals surface area (Å²) in [6, 6.07) is 21.1. The van der Waals surface area contributed by atoms with Crippen molar-refractivity contribution in [2.75, 3.05) is 33.5 Å². The minimum Gasteiger partial charge on any atom is -0.487 e. The minimum absolute atomic E-state index is 0.0928. The third kappa shape index (κ3) is 9.12. The molecule has 2 heterocycles. The van der Waals surface area contributed by atoms with Gasteiger partial charge in [0.25, 0.3) is 0 Å². The van der Waals surface area contributed by atoms with Crippen LogP contribution in [0, 0.1) is 24.7 Å². The Bertz CT molecular complexity index is 1830. The van der Waals surface area contributed by atoms with Gasteiger partial charge in [-0.2, -0.15) is 0 Å². The van der Waals surface area contributed by atoms with Gasteiger partial charge in [0.05, 0.1) is 30.5 Å². The first-order chi connectivity index (χ1) is 27.3. The molecular weight excluding hydrogens is 711 g/mol. The van der Waals surface area contributed by atoms with Gasteiger partial charge in [-0.3, -0.25) is 4.98 Å². The van der Waals surface area contributed by atoms with Crippen LogP contribution < -0.4 is 9.47 Å². The maximum absolute atomic E-state index is 13.6. The van der Waals surface area contributed by atoms with E-state index in [1.807, 2.05) is 67.6 Å². The number of oxime groups is 1. The number of ether oxygens (including phenoxy) is 4. The first kappa shape index (κ1) is 40.9. The molecule has 0 saturated heterocycles. The number of carbonyl (C=O) groups excluding carboxylic acids is 1. The summed E-state index contributed by atoms with van der Waals surface area (Å²) in [6.07, 6.45) is 8.56. The van der Waals surface area contributed by atoms with E-state index in [4.69, 9.17) is 28.9 Å². The highest BCUT2D eigenvalue weighted by molar-refractivity contribution is 6.02. The minimum atomic E-state index is -1.35. The molecule has 2 aromatic carbocycles. The number of rotatable bonds is 19. The number of nitrogens with zero attached hydrogens (tertiary/aromatic N) is 3. The number of aliphatic hydroxyl groups is 2. The fourth-order valence-electron chi connectivity index (χ4n) is 8.77. The first-order valence-corrected chi connectivity index (χ1v) is 20.0. The molecule has 0 unspecified atom stereocenters. The van der Waals surface area contributed by atoms with Gasteiger partial charge in [-0.1, -0.05) is 66.5 Å². The molecule has 11 heteroatoms. The van der Waals surface area contributed by atoms with Gasteiger partial charge in [0.15, 0.2) is 0 Å². The number of aryl methyl sites for hydroxylation is 1. The predicted molar refractivity (Wildman–Crippen MR) is 214 cm³/mol. The highest BCUT2D eigenvalue weighted by Gasteiger charge is 2.65. The Labute approximate surface area is 331 Å². The lowest BCUT2D eigenvalue weighted by molar-refractivity contribution is -0.253. The van der Waals surface area contributed by atoms with Crippen molar-refractivity contribution in [3.05, 3.63) is 114 Å². The van der Waals surface area contributed by atoms with Crippen molar-refractivity contribution >= 4 is 11.8 Å². The molecule has 6 atom stereocenters. The fraction of sp³-hybridized carbons (Fsp3) is 0.489. The summed E-state index contributed by atoms with van der Waals surface area (Å²) >= 11 is 0. The third-order valence-corrected chi connectivity index (χ3v) is 11.2. The monoisotopic (exact) mass is 767 g/mol. The SMILES string of the molecule is C=CCO[C@@]12Oc3ccc(OCc4cccc(C)n4)cc3[C@H]3[C@H](CCCCO)[C@@H](CCCCO)C=C(C(=NOCc4ccccc4)C[C@@H]1N(C)C(=O)OCC)[C@H]32. The normalized spacial score (nSPS) is 24.3. The van der Waals surface area contributed by atoms with Crippen LogP contribution in [-0.2, 0) is 27.5 Å². The molecule has 0 radical (unpaired) electrons. The number of unbranched alkanes of at least 4 members (excludes halogenated alkanes) is 2. The lowest BCUT2D eigenvalue weighted by Crippen LogP contribution is -2.69. The highest BCUT2D eigenvalue weighted by atomic mass is 16.7. The number of aromatic nitrogens is 1. The number of fused-ring (bicyclic) bond motifs is 2. The van der Waals surface area contributed by atoms with E-state index in [9.17, 15) is 15.0 Å². The average molecular weight is 768 g/mol. The van der Waals surface area contributed by atoms with E-state index in [1.54, 1.807) is 24.9 Å². The van der Waals surface area contributed by atoms with Gasteiger partial charge in [0.1, 0.15) is 30.8 Å². The van der Waals surface area contributed by atoms with E-state index in [-0.39, 0.29) is 57.2 Å². The van der Waals surface area contributed by atoms with Gasteiger partial charge in [-0.05, 0) is 92.8 Å². The Morgan fingerprint density at radius 3 is 2.55 bits per heavy atom. The Kier molecular flexibility index (Phi) is 14.2. The number of amides is 1. The first-order valence-electron chi connectivity index (χ1n) is 20.0. The zero-order valence-corrected chi connectivity index (χ0v) is 33.0. The van der Waals surface area contributed by atoms with Crippen LogP contribution >= 0.6 is 0 Å². The number of allylic oxidation sites excluding steroid dienone is 1. The third-order valence-electron chi connectivity index (χ3n) is 11.2. The van der Waals surface area contributed by atoms with Crippen molar-refractivity contribution in [2.45, 2.75) is 89.8 Å². The second-order valence-corrected chi connectivity index (χ2v) is 14.9. The maximum Gasteiger partial charge on any atom is 0.409 e.